The van der Waals surface area contributed by atoms with Gasteiger partial charge in [0.25, 0.3) is 0 Å². The summed E-state index contributed by atoms with van der Waals surface area (Å²) in [5.41, 5.74) is 2.75. The van der Waals surface area contributed by atoms with E-state index in [4.69, 9.17) is 0 Å². The second kappa shape index (κ2) is 4.24. The lowest BCUT2D eigenvalue weighted by atomic mass is 10.1. The summed E-state index contributed by atoms with van der Waals surface area (Å²) < 4.78 is 2.11. The number of ketones is 1. The first-order chi connectivity index (χ1) is 8.10. The molecule has 0 aliphatic heterocycles. The summed E-state index contributed by atoms with van der Waals surface area (Å²) in [5, 5.41) is 10.4. The summed E-state index contributed by atoms with van der Waals surface area (Å²) in [6.45, 7) is 6.70. The summed E-state index contributed by atoms with van der Waals surface area (Å²) in [4.78, 5) is 12.0. The smallest absolute Gasteiger partial charge is 0.165 e. The third-order valence-corrected chi connectivity index (χ3v) is 3.22. The highest BCUT2D eigenvalue weighted by molar-refractivity contribution is 6.09. The number of nitrogens with zero attached hydrogens (tertiary/aromatic N) is 1. The quantitative estimate of drug-likeness (QED) is 0.824. The van der Waals surface area contributed by atoms with Crippen LogP contribution >= 0.6 is 0 Å². The number of rotatable bonds is 3. The van der Waals surface area contributed by atoms with Crippen molar-refractivity contribution in [1.29, 1.82) is 0 Å². The second-order valence-electron chi connectivity index (χ2n) is 4.18. The number of aryl methyl sites for hydroxylation is 1. The van der Waals surface area contributed by atoms with Crippen molar-refractivity contribution in [2.24, 2.45) is 0 Å². The molecule has 1 heterocycles. The molecule has 1 N–H and O–H groups in total. The molecule has 90 valence electrons. The number of fused-ring (bicyclic) bond motifs is 1. The predicted molar refractivity (Wildman–Crippen MR) is 68.6 cm³/mol. The Morgan fingerprint density at radius 2 is 2.06 bits per heavy atom. The maximum atomic E-state index is 12.0. The van der Waals surface area contributed by atoms with E-state index in [1.807, 2.05) is 19.9 Å². The summed E-state index contributed by atoms with van der Waals surface area (Å²) in [5.74, 6) is 0.334. The number of carbonyl (C=O) groups excluding carboxylic acids is 1. The molecule has 0 saturated heterocycles. The van der Waals surface area contributed by atoms with Crippen molar-refractivity contribution < 1.29 is 9.90 Å². The summed E-state index contributed by atoms with van der Waals surface area (Å²) in [6, 6.07) is 5.21. The van der Waals surface area contributed by atoms with Gasteiger partial charge in [-0.3, -0.25) is 4.79 Å². The molecular formula is C14H17NO2. The molecule has 0 atom stereocenters. The van der Waals surface area contributed by atoms with E-state index in [0.29, 0.717) is 6.42 Å². The fraction of sp³-hybridized carbons (Fsp3) is 0.357. The number of hydrogen-bond donors (Lipinski definition) is 1. The molecule has 0 fully saturated rings. The van der Waals surface area contributed by atoms with E-state index in [2.05, 4.69) is 11.5 Å². The molecule has 2 aromatic rings. The lowest BCUT2D eigenvalue weighted by Gasteiger charge is -2.03. The number of benzene rings is 1. The van der Waals surface area contributed by atoms with Gasteiger partial charge in [0.1, 0.15) is 5.75 Å². The molecule has 0 saturated carbocycles. The zero-order valence-corrected chi connectivity index (χ0v) is 10.4. The number of carbonyl (C=O) groups is 1. The molecule has 0 amide bonds. The van der Waals surface area contributed by atoms with Gasteiger partial charge in [0.15, 0.2) is 5.78 Å². The van der Waals surface area contributed by atoms with Crippen LogP contribution in [0.3, 0.4) is 0 Å². The molecular weight excluding hydrogens is 214 g/mol. The van der Waals surface area contributed by atoms with Crippen LogP contribution in [-0.2, 0) is 6.54 Å². The Balaban J connectivity index is 2.85. The number of phenolic OH excluding ortho intramolecular Hbond substituents is 1. The maximum absolute atomic E-state index is 12.0. The molecule has 0 spiro atoms. The van der Waals surface area contributed by atoms with Crippen LogP contribution in [-0.4, -0.2) is 15.5 Å². The van der Waals surface area contributed by atoms with Gasteiger partial charge in [0.05, 0.1) is 0 Å². The van der Waals surface area contributed by atoms with Crippen molar-refractivity contribution in [3.05, 3.63) is 29.5 Å². The molecule has 2 rings (SSSR count). The van der Waals surface area contributed by atoms with E-state index in [0.717, 1.165) is 28.7 Å². The van der Waals surface area contributed by atoms with Crippen molar-refractivity contribution in [2.45, 2.75) is 33.7 Å². The molecule has 17 heavy (non-hydrogen) atoms. The van der Waals surface area contributed by atoms with Gasteiger partial charge in [-0.05, 0) is 32.0 Å². The summed E-state index contributed by atoms with van der Waals surface area (Å²) in [6.07, 6.45) is 0.485. The lowest BCUT2D eigenvalue weighted by molar-refractivity contribution is 0.0989. The van der Waals surface area contributed by atoms with Crippen LogP contribution in [0.1, 0.15) is 36.3 Å². The fourth-order valence-corrected chi connectivity index (χ4v) is 2.41. The van der Waals surface area contributed by atoms with E-state index in [1.165, 1.54) is 0 Å². The van der Waals surface area contributed by atoms with Crippen molar-refractivity contribution in [2.75, 3.05) is 0 Å². The topological polar surface area (TPSA) is 42.2 Å². The highest BCUT2D eigenvalue weighted by Crippen LogP contribution is 2.29. The molecule has 0 unspecified atom stereocenters. The Hall–Kier alpha value is -1.77. The average Bonchev–Trinajstić information content (AvgIpc) is 2.59. The second-order valence-corrected chi connectivity index (χ2v) is 4.18. The summed E-state index contributed by atoms with van der Waals surface area (Å²) in [7, 11) is 0. The first kappa shape index (κ1) is 11.7. The molecule has 1 aromatic heterocycles. The van der Waals surface area contributed by atoms with E-state index in [9.17, 15) is 9.90 Å². The minimum Gasteiger partial charge on any atom is -0.508 e. The van der Waals surface area contributed by atoms with E-state index >= 15 is 0 Å². The Morgan fingerprint density at radius 3 is 2.65 bits per heavy atom. The highest BCUT2D eigenvalue weighted by atomic mass is 16.3. The molecule has 3 heteroatoms. The van der Waals surface area contributed by atoms with E-state index in [1.54, 1.807) is 12.1 Å². The van der Waals surface area contributed by atoms with Gasteiger partial charge in [-0.25, -0.2) is 0 Å². The van der Waals surface area contributed by atoms with Crippen molar-refractivity contribution in [3.63, 3.8) is 0 Å². The van der Waals surface area contributed by atoms with Gasteiger partial charge >= 0.3 is 0 Å². The van der Waals surface area contributed by atoms with Gasteiger partial charge in [-0.2, -0.15) is 0 Å². The first-order valence-corrected chi connectivity index (χ1v) is 5.95. The van der Waals surface area contributed by atoms with Crippen molar-refractivity contribution in [3.8, 4) is 5.75 Å². The zero-order valence-electron chi connectivity index (χ0n) is 10.4. The van der Waals surface area contributed by atoms with Gasteiger partial charge in [-0.1, -0.05) is 6.92 Å². The van der Waals surface area contributed by atoms with Crippen LogP contribution in [0.5, 0.6) is 5.75 Å². The zero-order chi connectivity index (χ0) is 12.6. The number of Topliss-reactive ketones (excluding diaryl/α,β-unsaturated/α-hetero) is 1. The minimum atomic E-state index is 0.130. The van der Waals surface area contributed by atoms with Crippen LogP contribution in [0.2, 0.25) is 0 Å². The normalized spacial score (nSPS) is 11.0. The molecule has 1 aromatic carbocycles. The number of hydrogen-bond acceptors (Lipinski definition) is 2. The van der Waals surface area contributed by atoms with Crippen molar-refractivity contribution in [1.82, 2.24) is 4.57 Å². The van der Waals surface area contributed by atoms with Gasteiger partial charge in [0.2, 0.25) is 0 Å². The fourth-order valence-electron chi connectivity index (χ4n) is 2.41. The highest BCUT2D eigenvalue weighted by Gasteiger charge is 2.18. The van der Waals surface area contributed by atoms with Crippen LogP contribution < -0.4 is 0 Å². The summed E-state index contributed by atoms with van der Waals surface area (Å²) >= 11 is 0. The Bertz CT molecular complexity index is 581. The SMILES string of the molecule is CCC(=O)c1c(C)n(CC)c2ccc(O)cc12. The molecule has 0 bridgehead atoms. The molecule has 0 radical (unpaired) electrons. The largest absolute Gasteiger partial charge is 0.508 e. The average molecular weight is 231 g/mol. The van der Waals surface area contributed by atoms with E-state index in [-0.39, 0.29) is 11.5 Å². The van der Waals surface area contributed by atoms with Crippen LogP contribution in [0, 0.1) is 6.92 Å². The van der Waals surface area contributed by atoms with Gasteiger partial charge in [-0.15, -0.1) is 0 Å². The third kappa shape index (κ3) is 1.71. The minimum absolute atomic E-state index is 0.130. The molecule has 0 aliphatic rings. The lowest BCUT2D eigenvalue weighted by Crippen LogP contribution is -2.01. The number of phenols is 1. The van der Waals surface area contributed by atoms with Crippen LogP contribution in [0.4, 0.5) is 0 Å². The Labute approximate surface area is 101 Å². The Morgan fingerprint density at radius 1 is 1.35 bits per heavy atom. The maximum Gasteiger partial charge on any atom is 0.165 e. The van der Waals surface area contributed by atoms with Crippen molar-refractivity contribution >= 4 is 16.7 Å². The Kier molecular flexibility index (Phi) is 2.92. The third-order valence-electron chi connectivity index (χ3n) is 3.22. The molecule has 3 nitrogen and oxygen atoms in total. The number of aromatic hydroxyl groups is 1. The predicted octanol–water partition coefficient (Wildman–Crippen LogP) is 3.27. The van der Waals surface area contributed by atoms with Crippen LogP contribution in [0.25, 0.3) is 10.9 Å². The van der Waals surface area contributed by atoms with Gasteiger partial charge in [0, 0.05) is 35.1 Å². The number of aromatic nitrogens is 1. The van der Waals surface area contributed by atoms with Crippen LogP contribution in [0.15, 0.2) is 18.2 Å². The molecule has 0 aliphatic carbocycles. The van der Waals surface area contributed by atoms with E-state index < -0.39 is 0 Å². The van der Waals surface area contributed by atoms with Gasteiger partial charge < -0.3 is 9.67 Å². The monoisotopic (exact) mass is 231 g/mol. The standard InChI is InChI=1S/C14H17NO2/c1-4-13(17)14-9(3)15(5-2)12-7-6-10(16)8-11(12)14/h6-8,16H,4-5H2,1-3H3. The first-order valence-electron chi connectivity index (χ1n) is 5.95.